The second-order valence-electron chi connectivity index (χ2n) is 5.69. The van der Waals surface area contributed by atoms with E-state index in [-0.39, 0.29) is 17.9 Å². The van der Waals surface area contributed by atoms with Crippen molar-refractivity contribution in [1.29, 1.82) is 0 Å². The first-order valence-corrected chi connectivity index (χ1v) is 7.81. The van der Waals surface area contributed by atoms with Gasteiger partial charge in [0.05, 0.1) is 11.3 Å². The lowest BCUT2D eigenvalue weighted by Crippen LogP contribution is -2.31. The summed E-state index contributed by atoms with van der Waals surface area (Å²) in [6, 6.07) is 16.1. The number of amides is 2. The van der Waals surface area contributed by atoms with Crippen molar-refractivity contribution in [3.8, 4) is 0 Å². The number of benzene rings is 2. The van der Waals surface area contributed by atoms with Crippen molar-refractivity contribution in [3.63, 3.8) is 0 Å². The topological polar surface area (TPSA) is 67.4 Å². The molecule has 1 atom stereocenters. The Morgan fingerprint density at radius 3 is 2.21 bits per heavy atom. The van der Waals surface area contributed by atoms with Crippen LogP contribution in [0.3, 0.4) is 0 Å². The summed E-state index contributed by atoms with van der Waals surface area (Å²) in [6.07, 6.45) is -0.743. The van der Waals surface area contributed by atoms with Crippen LogP contribution in [0.25, 0.3) is 0 Å². The number of nitrogens with one attached hydrogen (secondary N) is 2. The molecule has 0 aliphatic heterocycles. The lowest BCUT2D eigenvalue weighted by atomic mass is 10.1. The van der Waals surface area contributed by atoms with Crippen LogP contribution in [-0.4, -0.2) is 25.0 Å². The number of rotatable bonds is 6. The van der Waals surface area contributed by atoms with Gasteiger partial charge in [-0.1, -0.05) is 42.5 Å². The minimum absolute atomic E-state index is 0.0114. The predicted molar refractivity (Wildman–Crippen MR) is 93.9 cm³/mol. The van der Waals surface area contributed by atoms with Gasteiger partial charge in [0, 0.05) is 13.2 Å². The zero-order valence-electron chi connectivity index (χ0n) is 14.1. The van der Waals surface area contributed by atoms with Crippen LogP contribution >= 0.6 is 0 Å². The van der Waals surface area contributed by atoms with Gasteiger partial charge < -0.3 is 15.4 Å². The molecular formula is C19H22N2O3. The molecular weight excluding hydrogens is 304 g/mol. The Kier molecular flexibility index (Phi) is 6.09. The minimum atomic E-state index is -0.743. The smallest absolute Gasteiger partial charge is 0.258 e. The summed E-state index contributed by atoms with van der Waals surface area (Å²) < 4.78 is 5.32. The molecule has 0 saturated heterocycles. The van der Waals surface area contributed by atoms with Crippen molar-refractivity contribution in [3.05, 3.63) is 65.7 Å². The summed E-state index contributed by atoms with van der Waals surface area (Å²) in [7, 11) is 1.48. The highest BCUT2D eigenvalue weighted by Gasteiger charge is 2.22. The zero-order chi connectivity index (χ0) is 17.5. The molecule has 0 fully saturated rings. The molecule has 0 heterocycles. The van der Waals surface area contributed by atoms with E-state index in [1.807, 2.05) is 44.2 Å². The molecule has 0 aromatic heterocycles. The van der Waals surface area contributed by atoms with E-state index in [0.717, 1.165) is 5.56 Å². The molecule has 1 unspecified atom stereocenters. The number of hydrogen-bond acceptors (Lipinski definition) is 3. The molecule has 0 radical (unpaired) electrons. The van der Waals surface area contributed by atoms with Gasteiger partial charge in [-0.25, -0.2) is 0 Å². The third-order valence-electron chi connectivity index (χ3n) is 3.43. The van der Waals surface area contributed by atoms with Crippen molar-refractivity contribution in [2.75, 3.05) is 12.4 Å². The Labute approximate surface area is 142 Å². The van der Waals surface area contributed by atoms with Gasteiger partial charge in [0.1, 0.15) is 0 Å². The fourth-order valence-corrected chi connectivity index (χ4v) is 2.35. The van der Waals surface area contributed by atoms with Gasteiger partial charge in [-0.3, -0.25) is 9.59 Å². The van der Waals surface area contributed by atoms with Crippen LogP contribution in [0.15, 0.2) is 54.6 Å². The Morgan fingerprint density at radius 2 is 1.58 bits per heavy atom. The Morgan fingerprint density at radius 1 is 0.958 bits per heavy atom. The highest BCUT2D eigenvalue weighted by molar-refractivity contribution is 6.04. The quantitative estimate of drug-likeness (QED) is 0.857. The van der Waals surface area contributed by atoms with E-state index in [4.69, 9.17) is 4.74 Å². The minimum Gasteiger partial charge on any atom is -0.367 e. The third kappa shape index (κ3) is 4.43. The Balaban J connectivity index is 2.21. The number of methoxy groups -OCH3 is 1. The maximum Gasteiger partial charge on any atom is 0.258 e. The fraction of sp³-hybridized carbons (Fsp3) is 0.263. The molecule has 126 valence electrons. The Bertz CT molecular complexity index is 699. The van der Waals surface area contributed by atoms with E-state index >= 15 is 0 Å². The number of para-hydroxylation sites is 1. The maximum absolute atomic E-state index is 12.6. The summed E-state index contributed by atoms with van der Waals surface area (Å²) in [4.78, 5) is 24.8. The third-order valence-corrected chi connectivity index (χ3v) is 3.43. The van der Waals surface area contributed by atoms with Gasteiger partial charge in [0.25, 0.3) is 11.8 Å². The molecule has 0 aliphatic rings. The molecule has 0 saturated carbocycles. The van der Waals surface area contributed by atoms with E-state index in [1.165, 1.54) is 7.11 Å². The highest BCUT2D eigenvalue weighted by Crippen LogP contribution is 2.21. The first-order chi connectivity index (χ1) is 11.5. The van der Waals surface area contributed by atoms with Gasteiger partial charge in [0.2, 0.25) is 0 Å². The van der Waals surface area contributed by atoms with E-state index < -0.39 is 6.10 Å². The van der Waals surface area contributed by atoms with Gasteiger partial charge in [-0.2, -0.15) is 0 Å². The molecule has 2 N–H and O–H groups in total. The summed E-state index contributed by atoms with van der Waals surface area (Å²) in [6.45, 7) is 3.77. The standard InChI is InChI=1S/C19H22N2O3/c1-13(2)20-18(22)15-11-7-8-12-16(15)21-19(23)17(24-3)14-9-5-4-6-10-14/h4-13,17H,1-3H3,(H,20,22)(H,21,23). The van der Waals surface area contributed by atoms with Crippen LogP contribution in [0.2, 0.25) is 0 Å². The van der Waals surface area contributed by atoms with Gasteiger partial charge in [0.15, 0.2) is 6.10 Å². The van der Waals surface area contributed by atoms with E-state index in [0.29, 0.717) is 11.3 Å². The highest BCUT2D eigenvalue weighted by atomic mass is 16.5. The molecule has 2 aromatic rings. The van der Waals surface area contributed by atoms with E-state index in [1.54, 1.807) is 24.3 Å². The van der Waals surface area contributed by atoms with Crippen molar-refractivity contribution in [2.45, 2.75) is 26.0 Å². The Hall–Kier alpha value is -2.66. The van der Waals surface area contributed by atoms with Crippen molar-refractivity contribution in [1.82, 2.24) is 5.32 Å². The van der Waals surface area contributed by atoms with Gasteiger partial charge in [-0.05, 0) is 31.5 Å². The normalized spacial score (nSPS) is 11.8. The predicted octanol–water partition coefficient (Wildman–Crippen LogP) is 3.15. The number of carbonyl (C=O) groups is 2. The number of hydrogen-bond donors (Lipinski definition) is 2. The summed E-state index contributed by atoms with van der Waals surface area (Å²) in [5.74, 6) is -0.553. The van der Waals surface area contributed by atoms with Gasteiger partial charge in [-0.15, -0.1) is 0 Å². The summed E-state index contributed by atoms with van der Waals surface area (Å²) >= 11 is 0. The van der Waals surface area contributed by atoms with Gasteiger partial charge >= 0.3 is 0 Å². The van der Waals surface area contributed by atoms with Crippen LogP contribution in [0.5, 0.6) is 0 Å². The number of ether oxygens (including phenoxy) is 1. The zero-order valence-corrected chi connectivity index (χ0v) is 14.1. The van der Waals surface area contributed by atoms with E-state index in [9.17, 15) is 9.59 Å². The van der Waals surface area contributed by atoms with Crippen LogP contribution in [-0.2, 0) is 9.53 Å². The molecule has 0 spiro atoms. The lowest BCUT2D eigenvalue weighted by Gasteiger charge is -2.17. The molecule has 5 heteroatoms. The molecule has 0 aliphatic carbocycles. The van der Waals surface area contributed by atoms with Crippen LogP contribution in [0, 0.1) is 0 Å². The fourth-order valence-electron chi connectivity index (χ4n) is 2.35. The van der Waals surface area contributed by atoms with Crippen molar-refractivity contribution in [2.24, 2.45) is 0 Å². The molecule has 24 heavy (non-hydrogen) atoms. The van der Waals surface area contributed by atoms with Crippen molar-refractivity contribution < 1.29 is 14.3 Å². The molecule has 0 bridgehead atoms. The van der Waals surface area contributed by atoms with Crippen LogP contribution < -0.4 is 10.6 Å². The average molecular weight is 326 g/mol. The van der Waals surface area contributed by atoms with Crippen molar-refractivity contribution >= 4 is 17.5 Å². The second kappa shape index (κ2) is 8.26. The average Bonchev–Trinajstić information content (AvgIpc) is 2.56. The van der Waals surface area contributed by atoms with Crippen LogP contribution in [0.4, 0.5) is 5.69 Å². The number of anilines is 1. The molecule has 2 rings (SSSR count). The second-order valence-corrected chi connectivity index (χ2v) is 5.69. The largest absolute Gasteiger partial charge is 0.367 e. The maximum atomic E-state index is 12.6. The SMILES string of the molecule is COC(C(=O)Nc1ccccc1C(=O)NC(C)C)c1ccccc1. The molecule has 2 amide bonds. The number of carbonyl (C=O) groups excluding carboxylic acids is 2. The molecule has 2 aromatic carbocycles. The molecule has 5 nitrogen and oxygen atoms in total. The first-order valence-electron chi connectivity index (χ1n) is 7.81. The van der Waals surface area contributed by atoms with Crippen LogP contribution in [0.1, 0.15) is 35.9 Å². The van der Waals surface area contributed by atoms with E-state index in [2.05, 4.69) is 10.6 Å². The lowest BCUT2D eigenvalue weighted by molar-refractivity contribution is -0.126. The first kappa shape index (κ1) is 17.7. The summed E-state index contributed by atoms with van der Waals surface area (Å²) in [5.41, 5.74) is 1.63. The monoisotopic (exact) mass is 326 g/mol. The summed E-state index contributed by atoms with van der Waals surface area (Å²) in [5, 5.41) is 5.62.